The Bertz CT molecular complexity index is 522. The van der Waals surface area contributed by atoms with Crippen LogP contribution in [0.2, 0.25) is 0 Å². The number of halogens is 1. The quantitative estimate of drug-likeness (QED) is 0.196. The third kappa shape index (κ3) is 10.9. The van der Waals surface area contributed by atoms with Gasteiger partial charge >= 0.3 is 0 Å². The summed E-state index contributed by atoms with van der Waals surface area (Å²) in [7, 11) is 9.96. The summed E-state index contributed by atoms with van der Waals surface area (Å²) >= 11 is 0. The van der Waals surface area contributed by atoms with E-state index in [0.717, 1.165) is 45.2 Å². The normalized spacial score (nSPS) is 13.0. The van der Waals surface area contributed by atoms with Gasteiger partial charge in [-0.25, -0.2) is 0 Å². The zero-order valence-electron chi connectivity index (χ0n) is 17.7. The highest BCUT2D eigenvalue weighted by Crippen LogP contribution is 2.17. The van der Waals surface area contributed by atoms with Crippen molar-refractivity contribution < 1.29 is 4.74 Å². The predicted octanol–water partition coefficient (Wildman–Crippen LogP) is 1.16. The molecule has 9 heteroatoms. The van der Waals surface area contributed by atoms with E-state index in [9.17, 15) is 0 Å². The molecule has 1 aromatic rings. The van der Waals surface area contributed by atoms with Crippen molar-refractivity contribution in [1.29, 1.82) is 0 Å². The summed E-state index contributed by atoms with van der Waals surface area (Å²) in [5.74, 6) is 0.855. The Morgan fingerprint density at radius 3 is 2.59 bits per heavy atom. The highest BCUT2D eigenvalue weighted by molar-refractivity contribution is 14.0. The molecule has 1 rings (SSSR count). The molecule has 0 aliphatic carbocycles. The minimum Gasteiger partial charge on any atom is -0.385 e. The fraction of sp³-hybridized carbons (Fsp3) is 0.778. The molecule has 1 unspecified atom stereocenters. The van der Waals surface area contributed by atoms with Gasteiger partial charge in [-0.1, -0.05) is 0 Å². The first-order valence-corrected chi connectivity index (χ1v) is 9.32. The first-order chi connectivity index (χ1) is 12.5. The molecule has 0 aliphatic heterocycles. The molecule has 0 aliphatic rings. The molecule has 8 nitrogen and oxygen atoms in total. The molecule has 0 saturated heterocycles. The van der Waals surface area contributed by atoms with Gasteiger partial charge in [-0.05, 0) is 34.5 Å². The Kier molecular flexibility index (Phi) is 14.6. The Hall–Kier alpha value is -0.910. The third-order valence-corrected chi connectivity index (χ3v) is 4.17. The fourth-order valence-corrected chi connectivity index (χ4v) is 2.65. The number of aryl methyl sites for hydroxylation is 1. The van der Waals surface area contributed by atoms with Crippen LogP contribution in [-0.4, -0.2) is 93.1 Å². The maximum Gasteiger partial charge on any atom is 0.191 e. The van der Waals surface area contributed by atoms with Gasteiger partial charge in [0, 0.05) is 58.7 Å². The van der Waals surface area contributed by atoms with Crippen LogP contribution in [-0.2, 0) is 11.8 Å². The van der Waals surface area contributed by atoms with Gasteiger partial charge in [-0.2, -0.15) is 5.10 Å². The van der Waals surface area contributed by atoms with Gasteiger partial charge in [-0.3, -0.25) is 9.67 Å². The first kappa shape index (κ1) is 26.1. The number of aliphatic imine (C=N–C) groups is 1. The largest absolute Gasteiger partial charge is 0.385 e. The zero-order valence-corrected chi connectivity index (χ0v) is 20.1. The third-order valence-electron chi connectivity index (χ3n) is 4.17. The highest BCUT2D eigenvalue weighted by Gasteiger charge is 2.15. The van der Waals surface area contributed by atoms with E-state index in [4.69, 9.17) is 9.73 Å². The highest BCUT2D eigenvalue weighted by atomic mass is 127. The van der Waals surface area contributed by atoms with Crippen molar-refractivity contribution in [3.63, 3.8) is 0 Å². The first-order valence-electron chi connectivity index (χ1n) is 9.32. The second-order valence-electron chi connectivity index (χ2n) is 6.72. The van der Waals surface area contributed by atoms with E-state index in [0.29, 0.717) is 6.54 Å². The van der Waals surface area contributed by atoms with Gasteiger partial charge in [0.05, 0.1) is 18.8 Å². The summed E-state index contributed by atoms with van der Waals surface area (Å²) in [6.07, 6.45) is 5.02. The Morgan fingerprint density at radius 1 is 1.30 bits per heavy atom. The molecular formula is C18H38IN7O. The number of hydrogen-bond acceptors (Lipinski definition) is 5. The maximum atomic E-state index is 5.10. The van der Waals surface area contributed by atoms with E-state index in [1.165, 1.54) is 5.56 Å². The number of hydrogen-bond donors (Lipinski definition) is 2. The molecule has 158 valence electrons. The maximum absolute atomic E-state index is 5.10. The monoisotopic (exact) mass is 495 g/mol. The number of methoxy groups -OCH3 is 1. The molecule has 1 atom stereocenters. The topological polar surface area (TPSA) is 70.0 Å². The molecule has 27 heavy (non-hydrogen) atoms. The molecule has 1 aromatic heterocycles. The van der Waals surface area contributed by atoms with Crippen molar-refractivity contribution in [3.8, 4) is 0 Å². The standard InChI is InChI=1S/C18H37N7O.HI/c1-7-19-18(20-9-11-24(4)10-8-12-26-6)21-14-17(23(2)3)16-13-22-25(5)15-16;/h13,15,17H,7-12,14H2,1-6H3,(H2,19,20,21);1H. The number of guanidine groups is 1. The molecule has 0 fully saturated rings. The summed E-state index contributed by atoms with van der Waals surface area (Å²) in [4.78, 5) is 9.24. The molecule has 2 N–H and O–H groups in total. The van der Waals surface area contributed by atoms with Crippen molar-refractivity contribution in [1.82, 2.24) is 30.2 Å². The Balaban J connectivity index is 0.00000676. The van der Waals surface area contributed by atoms with Crippen molar-refractivity contribution in [2.45, 2.75) is 19.4 Å². The van der Waals surface area contributed by atoms with E-state index in [1.54, 1.807) is 7.11 Å². The minimum atomic E-state index is 0. The van der Waals surface area contributed by atoms with E-state index in [2.05, 4.69) is 59.8 Å². The van der Waals surface area contributed by atoms with Crippen LogP contribution >= 0.6 is 24.0 Å². The van der Waals surface area contributed by atoms with E-state index in [1.807, 2.05) is 17.9 Å². The van der Waals surface area contributed by atoms with Crippen LogP contribution in [0.25, 0.3) is 0 Å². The molecular weight excluding hydrogens is 457 g/mol. The van der Waals surface area contributed by atoms with Gasteiger partial charge in [0.1, 0.15) is 0 Å². The Morgan fingerprint density at radius 2 is 2.04 bits per heavy atom. The van der Waals surface area contributed by atoms with Gasteiger partial charge in [0.25, 0.3) is 0 Å². The summed E-state index contributed by atoms with van der Waals surface area (Å²) in [6, 6.07) is 0.205. The number of nitrogens with one attached hydrogen (secondary N) is 2. The number of likely N-dealkylation sites (N-methyl/N-ethyl adjacent to an activating group) is 2. The van der Waals surface area contributed by atoms with Gasteiger partial charge in [-0.15, -0.1) is 24.0 Å². The lowest BCUT2D eigenvalue weighted by molar-refractivity contribution is 0.180. The summed E-state index contributed by atoms with van der Waals surface area (Å²) in [5.41, 5.74) is 1.18. The molecule has 0 aromatic carbocycles. The van der Waals surface area contributed by atoms with Crippen LogP contribution in [0.3, 0.4) is 0 Å². The van der Waals surface area contributed by atoms with Gasteiger partial charge in [0.2, 0.25) is 0 Å². The second-order valence-corrected chi connectivity index (χ2v) is 6.72. The van der Waals surface area contributed by atoms with Crippen LogP contribution in [0, 0.1) is 0 Å². The average Bonchev–Trinajstić information content (AvgIpc) is 3.01. The molecule has 0 spiro atoms. The van der Waals surface area contributed by atoms with E-state index < -0.39 is 0 Å². The molecule has 0 saturated carbocycles. The lowest BCUT2D eigenvalue weighted by Crippen LogP contribution is -2.41. The van der Waals surface area contributed by atoms with Crippen LogP contribution in [0.15, 0.2) is 17.4 Å². The predicted molar refractivity (Wildman–Crippen MR) is 123 cm³/mol. The molecule has 0 bridgehead atoms. The molecule has 0 radical (unpaired) electrons. The van der Waals surface area contributed by atoms with Crippen molar-refractivity contribution in [2.24, 2.45) is 12.0 Å². The summed E-state index contributed by atoms with van der Waals surface area (Å²) < 4.78 is 6.93. The van der Waals surface area contributed by atoms with Crippen molar-refractivity contribution in [3.05, 3.63) is 18.0 Å². The average molecular weight is 495 g/mol. The minimum absolute atomic E-state index is 0. The molecule has 1 heterocycles. The Labute approximate surface area is 181 Å². The lowest BCUT2D eigenvalue weighted by Gasteiger charge is -2.22. The smallest absolute Gasteiger partial charge is 0.191 e. The SMILES string of the molecule is CCNC(=NCC(c1cnn(C)c1)N(C)C)NCCN(C)CCCOC.I. The fourth-order valence-electron chi connectivity index (χ4n) is 2.65. The van der Waals surface area contributed by atoms with Gasteiger partial charge < -0.3 is 25.2 Å². The lowest BCUT2D eigenvalue weighted by atomic mass is 10.1. The second kappa shape index (κ2) is 15.1. The van der Waals surface area contributed by atoms with E-state index in [-0.39, 0.29) is 30.0 Å². The summed E-state index contributed by atoms with van der Waals surface area (Å²) in [6.45, 7) is 7.27. The van der Waals surface area contributed by atoms with Gasteiger partial charge in [0.15, 0.2) is 5.96 Å². The van der Waals surface area contributed by atoms with Crippen LogP contribution in [0.1, 0.15) is 24.9 Å². The molecule has 0 amide bonds. The van der Waals surface area contributed by atoms with E-state index >= 15 is 0 Å². The number of nitrogens with zero attached hydrogens (tertiary/aromatic N) is 5. The number of aromatic nitrogens is 2. The van der Waals surface area contributed by atoms with Crippen molar-refractivity contribution >= 4 is 29.9 Å². The number of ether oxygens (including phenoxy) is 1. The number of rotatable bonds is 12. The van der Waals surface area contributed by atoms with Crippen LogP contribution in [0.4, 0.5) is 0 Å². The van der Waals surface area contributed by atoms with Crippen LogP contribution in [0.5, 0.6) is 0 Å². The zero-order chi connectivity index (χ0) is 19.4. The van der Waals surface area contributed by atoms with Crippen LogP contribution < -0.4 is 10.6 Å². The summed E-state index contributed by atoms with van der Waals surface area (Å²) in [5, 5.41) is 11.0. The van der Waals surface area contributed by atoms with Crippen molar-refractivity contribution in [2.75, 3.05) is 67.6 Å².